The first-order valence-corrected chi connectivity index (χ1v) is 6.72. The minimum absolute atomic E-state index is 0.121. The van der Waals surface area contributed by atoms with Crippen LogP contribution in [0.2, 0.25) is 0 Å². The second kappa shape index (κ2) is 6.05. The zero-order valence-electron chi connectivity index (χ0n) is 12.1. The Hall–Kier alpha value is -1.88. The first-order valence-electron chi connectivity index (χ1n) is 6.72. The summed E-state index contributed by atoms with van der Waals surface area (Å²) in [5, 5.41) is 2.91. The van der Waals surface area contributed by atoms with E-state index in [0.29, 0.717) is 13.0 Å². The monoisotopic (exact) mass is 276 g/mol. The van der Waals surface area contributed by atoms with Crippen molar-refractivity contribution in [2.24, 2.45) is 0 Å². The third-order valence-corrected chi connectivity index (χ3v) is 3.58. The van der Waals surface area contributed by atoms with E-state index in [2.05, 4.69) is 5.32 Å². The van der Waals surface area contributed by atoms with E-state index in [4.69, 9.17) is 4.74 Å². The van der Waals surface area contributed by atoms with E-state index in [-0.39, 0.29) is 24.5 Å². The Morgan fingerprint density at radius 3 is 2.60 bits per heavy atom. The van der Waals surface area contributed by atoms with Gasteiger partial charge in [0.15, 0.2) is 0 Å². The number of nitrogens with one attached hydrogen (secondary N) is 1. The molecule has 1 saturated heterocycles. The number of rotatable bonds is 4. The van der Waals surface area contributed by atoms with Crippen molar-refractivity contribution in [3.05, 3.63) is 29.3 Å². The smallest absolute Gasteiger partial charge is 0.323 e. The molecule has 1 atom stereocenters. The van der Waals surface area contributed by atoms with Crippen LogP contribution in [0.3, 0.4) is 0 Å². The molecule has 0 spiro atoms. The number of hydrogen-bond donors (Lipinski definition) is 1. The molecule has 0 radical (unpaired) electrons. The number of amides is 1. The summed E-state index contributed by atoms with van der Waals surface area (Å²) in [7, 11) is 1.77. The largest absolute Gasteiger partial charge is 0.464 e. The highest BCUT2D eigenvalue weighted by atomic mass is 16.5. The number of cyclic esters (lactones) is 1. The van der Waals surface area contributed by atoms with E-state index in [1.807, 2.05) is 32.0 Å². The Kier molecular flexibility index (Phi) is 4.39. The quantitative estimate of drug-likeness (QED) is 0.846. The van der Waals surface area contributed by atoms with Gasteiger partial charge < -0.3 is 10.1 Å². The van der Waals surface area contributed by atoms with E-state index in [1.54, 1.807) is 11.9 Å². The number of para-hydroxylation sites is 1. The molecular formula is C15H20N2O3. The molecule has 1 aliphatic heterocycles. The Morgan fingerprint density at radius 1 is 1.40 bits per heavy atom. The minimum Gasteiger partial charge on any atom is -0.464 e. The van der Waals surface area contributed by atoms with Crippen LogP contribution in [0.1, 0.15) is 17.5 Å². The van der Waals surface area contributed by atoms with Gasteiger partial charge in [-0.2, -0.15) is 0 Å². The number of hydrogen-bond acceptors (Lipinski definition) is 4. The molecule has 0 aromatic heterocycles. The van der Waals surface area contributed by atoms with Gasteiger partial charge in [0.2, 0.25) is 5.91 Å². The molecule has 1 N–H and O–H groups in total. The second-order valence-electron chi connectivity index (χ2n) is 5.20. The Bertz CT molecular complexity index is 508. The first kappa shape index (κ1) is 14.5. The average Bonchev–Trinajstić information content (AvgIpc) is 2.80. The number of anilines is 1. The Morgan fingerprint density at radius 2 is 2.05 bits per heavy atom. The number of benzene rings is 1. The minimum atomic E-state index is -0.307. The van der Waals surface area contributed by atoms with Crippen molar-refractivity contribution in [2.75, 3.05) is 25.5 Å². The van der Waals surface area contributed by atoms with Crippen LogP contribution in [0.4, 0.5) is 5.69 Å². The van der Waals surface area contributed by atoms with Gasteiger partial charge in [-0.3, -0.25) is 14.5 Å². The summed E-state index contributed by atoms with van der Waals surface area (Å²) >= 11 is 0. The normalized spacial score (nSPS) is 18.2. The van der Waals surface area contributed by atoms with Gasteiger partial charge in [-0.05, 0) is 32.0 Å². The molecule has 0 unspecified atom stereocenters. The van der Waals surface area contributed by atoms with Gasteiger partial charge in [0, 0.05) is 12.1 Å². The van der Waals surface area contributed by atoms with Crippen molar-refractivity contribution in [2.45, 2.75) is 26.3 Å². The highest BCUT2D eigenvalue weighted by molar-refractivity contribution is 5.94. The first-order chi connectivity index (χ1) is 9.49. The van der Waals surface area contributed by atoms with Gasteiger partial charge in [-0.1, -0.05) is 18.2 Å². The second-order valence-corrected chi connectivity index (χ2v) is 5.20. The van der Waals surface area contributed by atoms with Crippen LogP contribution in [-0.2, 0) is 14.3 Å². The number of esters is 1. The van der Waals surface area contributed by atoms with Gasteiger partial charge in [-0.25, -0.2) is 0 Å². The van der Waals surface area contributed by atoms with Crippen molar-refractivity contribution >= 4 is 17.6 Å². The molecular weight excluding hydrogens is 256 g/mol. The molecule has 0 bridgehead atoms. The standard InChI is InChI=1S/C15H20N2O3/c1-10-5-4-6-11(2)14(10)16-13(18)9-17(3)12-7-8-20-15(12)19/h4-6,12H,7-9H2,1-3H3,(H,16,18)/t12-/m1/s1. The van der Waals surface area contributed by atoms with E-state index >= 15 is 0 Å². The number of carbonyl (C=O) groups is 2. The van der Waals surface area contributed by atoms with Crippen LogP contribution in [0.5, 0.6) is 0 Å². The molecule has 108 valence electrons. The predicted octanol–water partition coefficient (Wildman–Crippen LogP) is 1.49. The molecule has 1 aromatic carbocycles. The Labute approximate surface area is 118 Å². The molecule has 1 fully saturated rings. The third-order valence-electron chi connectivity index (χ3n) is 3.58. The number of carbonyl (C=O) groups excluding carboxylic acids is 2. The van der Waals surface area contributed by atoms with Crippen molar-refractivity contribution in [3.8, 4) is 0 Å². The molecule has 1 heterocycles. The highest BCUT2D eigenvalue weighted by Gasteiger charge is 2.31. The van der Waals surface area contributed by atoms with Crippen LogP contribution in [0.15, 0.2) is 18.2 Å². The lowest BCUT2D eigenvalue weighted by atomic mass is 10.1. The lowest BCUT2D eigenvalue weighted by molar-refractivity contribution is -0.142. The summed E-state index contributed by atoms with van der Waals surface area (Å²) < 4.78 is 4.91. The zero-order valence-corrected chi connectivity index (χ0v) is 12.1. The van der Waals surface area contributed by atoms with Gasteiger partial charge in [0.25, 0.3) is 0 Å². The fourth-order valence-corrected chi connectivity index (χ4v) is 2.41. The lowest BCUT2D eigenvalue weighted by Gasteiger charge is -2.21. The molecule has 0 saturated carbocycles. The molecule has 2 rings (SSSR count). The molecule has 1 amide bonds. The summed E-state index contributed by atoms with van der Waals surface area (Å²) in [6.07, 6.45) is 0.645. The van der Waals surface area contributed by atoms with Crippen LogP contribution in [-0.4, -0.2) is 43.0 Å². The molecule has 0 aliphatic carbocycles. The summed E-state index contributed by atoms with van der Waals surface area (Å²) in [6, 6.07) is 5.57. The fraction of sp³-hybridized carbons (Fsp3) is 0.467. The number of nitrogens with zero attached hydrogens (tertiary/aromatic N) is 1. The topological polar surface area (TPSA) is 58.6 Å². The predicted molar refractivity (Wildman–Crippen MR) is 76.5 cm³/mol. The summed E-state index contributed by atoms with van der Waals surface area (Å²) in [5.41, 5.74) is 2.91. The van der Waals surface area contributed by atoms with E-state index in [1.165, 1.54) is 0 Å². The van der Waals surface area contributed by atoms with Crippen molar-refractivity contribution < 1.29 is 14.3 Å². The van der Waals surface area contributed by atoms with E-state index < -0.39 is 0 Å². The van der Waals surface area contributed by atoms with Crippen LogP contribution >= 0.6 is 0 Å². The van der Waals surface area contributed by atoms with E-state index in [9.17, 15) is 9.59 Å². The summed E-state index contributed by atoms with van der Waals surface area (Å²) in [5.74, 6) is -0.364. The molecule has 1 aromatic rings. The molecule has 20 heavy (non-hydrogen) atoms. The summed E-state index contributed by atoms with van der Waals surface area (Å²) in [4.78, 5) is 25.3. The average molecular weight is 276 g/mol. The van der Waals surface area contributed by atoms with E-state index in [0.717, 1.165) is 16.8 Å². The summed E-state index contributed by atoms with van der Waals surface area (Å²) in [6.45, 7) is 4.53. The van der Waals surface area contributed by atoms with Gasteiger partial charge >= 0.3 is 5.97 Å². The van der Waals surface area contributed by atoms with Gasteiger partial charge in [0.05, 0.1) is 13.2 Å². The maximum atomic E-state index is 12.1. The maximum absolute atomic E-state index is 12.1. The zero-order chi connectivity index (χ0) is 14.7. The Balaban J connectivity index is 1.97. The van der Waals surface area contributed by atoms with Crippen molar-refractivity contribution in [3.63, 3.8) is 0 Å². The van der Waals surface area contributed by atoms with Crippen molar-refractivity contribution in [1.29, 1.82) is 0 Å². The molecule has 5 heteroatoms. The van der Waals surface area contributed by atoms with Crippen LogP contribution < -0.4 is 5.32 Å². The number of likely N-dealkylation sites (N-methyl/N-ethyl adjacent to an activating group) is 1. The number of aryl methyl sites for hydroxylation is 2. The third kappa shape index (κ3) is 3.17. The maximum Gasteiger partial charge on any atom is 0.323 e. The van der Waals surface area contributed by atoms with Crippen LogP contribution in [0, 0.1) is 13.8 Å². The fourth-order valence-electron chi connectivity index (χ4n) is 2.41. The highest BCUT2D eigenvalue weighted by Crippen LogP contribution is 2.19. The molecule has 1 aliphatic rings. The van der Waals surface area contributed by atoms with Crippen LogP contribution in [0.25, 0.3) is 0 Å². The van der Waals surface area contributed by atoms with Gasteiger partial charge in [0.1, 0.15) is 6.04 Å². The van der Waals surface area contributed by atoms with Crippen molar-refractivity contribution in [1.82, 2.24) is 4.90 Å². The number of ether oxygens (including phenoxy) is 1. The van der Waals surface area contributed by atoms with Gasteiger partial charge in [-0.15, -0.1) is 0 Å². The lowest BCUT2D eigenvalue weighted by Crippen LogP contribution is -2.40. The SMILES string of the molecule is Cc1cccc(C)c1NC(=O)CN(C)[C@@H]1CCOC1=O. The molecule has 5 nitrogen and oxygen atoms in total.